The Morgan fingerprint density at radius 2 is 2.17 bits per heavy atom. The van der Waals surface area contributed by atoms with E-state index < -0.39 is 12.2 Å². The standard InChI is InChI=1S/C12H16BrNO3S/c1-7(15)18-5-4-11(16)12(17)9-6-8(13)2-3-10(9)14/h2-3,6,11-12,16-17H,4-5,14H2,1H3. The van der Waals surface area contributed by atoms with E-state index in [0.717, 1.165) is 16.2 Å². The van der Waals surface area contributed by atoms with Crippen molar-refractivity contribution in [3.63, 3.8) is 0 Å². The monoisotopic (exact) mass is 333 g/mol. The molecule has 18 heavy (non-hydrogen) atoms. The van der Waals surface area contributed by atoms with Gasteiger partial charge in [0, 0.05) is 28.4 Å². The van der Waals surface area contributed by atoms with Gasteiger partial charge >= 0.3 is 0 Å². The van der Waals surface area contributed by atoms with E-state index in [-0.39, 0.29) is 5.12 Å². The Morgan fingerprint density at radius 3 is 2.78 bits per heavy atom. The molecule has 0 radical (unpaired) electrons. The predicted molar refractivity (Wildman–Crippen MR) is 77.3 cm³/mol. The molecule has 0 aromatic heterocycles. The van der Waals surface area contributed by atoms with Crippen molar-refractivity contribution in [2.24, 2.45) is 0 Å². The quantitative estimate of drug-likeness (QED) is 0.718. The second-order valence-electron chi connectivity index (χ2n) is 3.91. The van der Waals surface area contributed by atoms with Gasteiger partial charge in [0.15, 0.2) is 5.12 Å². The molecule has 100 valence electrons. The van der Waals surface area contributed by atoms with Crippen LogP contribution in [0, 0.1) is 0 Å². The molecule has 4 nitrogen and oxygen atoms in total. The van der Waals surface area contributed by atoms with Gasteiger partial charge in [-0.15, -0.1) is 0 Å². The topological polar surface area (TPSA) is 83.5 Å². The SMILES string of the molecule is CC(=O)SCCC(O)C(O)c1cc(Br)ccc1N. The average molecular weight is 334 g/mol. The molecule has 0 aliphatic carbocycles. The van der Waals surface area contributed by atoms with E-state index in [0.29, 0.717) is 23.4 Å². The molecule has 0 aliphatic rings. The minimum absolute atomic E-state index is 0.00124. The third-order valence-corrected chi connectivity index (χ3v) is 3.79. The number of aliphatic hydroxyl groups excluding tert-OH is 2. The van der Waals surface area contributed by atoms with Gasteiger partial charge in [-0.1, -0.05) is 27.7 Å². The first-order valence-electron chi connectivity index (χ1n) is 5.46. The average Bonchev–Trinajstić information content (AvgIpc) is 2.30. The van der Waals surface area contributed by atoms with Crippen LogP contribution < -0.4 is 5.73 Å². The molecule has 1 aromatic carbocycles. The number of benzene rings is 1. The Balaban J connectivity index is 2.64. The van der Waals surface area contributed by atoms with E-state index in [9.17, 15) is 15.0 Å². The van der Waals surface area contributed by atoms with E-state index in [4.69, 9.17) is 5.73 Å². The van der Waals surface area contributed by atoms with Gasteiger partial charge in [0.2, 0.25) is 0 Å². The minimum atomic E-state index is -1.05. The lowest BCUT2D eigenvalue weighted by Gasteiger charge is -2.19. The molecule has 0 saturated heterocycles. The van der Waals surface area contributed by atoms with Crippen molar-refractivity contribution in [2.45, 2.75) is 25.6 Å². The fourth-order valence-corrected chi connectivity index (χ4v) is 2.52. The van der Waals surface area contributed by atoms with Gasteiger partial charge in [0.1, 0.15) is 6.10 Å². The van der Waals surface area contributed by atoms with Gasteiger partial charge in [0.05, 0.1) is 6.10 Å². The van der Waals surface area contributed by atoms with Gasteiger partial charge in [0.25, 0.3) is 0 Å². The van der Waals surface area contributed by atoms with Gasteiger partial charge in [-0.25, -0.2) is 0 Å². The number of carbonyl (C=O) groups excluding carboxylic acids is 1. The van der Waals surface area contributed by atoms with Crippen LogP contribution in [0.2, 0.25) is 0 Å². The Labute approximate surface area is 119 Å². The van der Waals surface area contributed by atoms with Crippen LogP contribution in [-0.4, -0.2) is 27.2 Å². The van der Waals surface area contributed by atoms with Crippen LogP contribution >= 0.6 is 27.7 Å². The number of aliphatic hydroxyl groups is 2. The molecule has 4 N–H and O–H groups in total. The largest absolute Gasteiger partial charge is 0.398 e. The van der Waals surface area contributed by atoms with Crippen LogP contribution in [0.5, 0.6) is 0 Å². The molecule has 0 aliphatic heterocycles. The maximum atomic E-state index is 10.8. The van der Waals surface area contributed by atoms with Crippen molar-refractivity contribution in [3.8, 4) is 0 Å². The number of nitrogen functional groups attached to an aromatic ring is 1. The zero-order chi connectivity index (χ0) is 13.7. The third kappa shape index (κ3) is 4.61. The molecule has 0 bridgehead atoms. The van der Waals surface area contributed by atoms with E-state index in [1.807, 2.05) is 0 Å². The number of rotatable bonds is 5. The first-order valence-corrected chi connectivity index (χ1v) is 7.24. The predicted octanol–water partition coefficient (Wildman–Crippen LogP) is 2.10. The van der Waals surface area contributed by atoms with Crippen molar-refractivity contribution in [1.29, 1.82) is 0 Å². The highest BCUT2D eigenvalue weighted by Crippen LogP contribution is 2.28. The molecular weight excluding hydrogens is 318 g/mol. The van der Waals surface area contributed by atoms with Gasteiger partial charge < -0.3 is 15.9 Å². The first kappa shape index (κ1) is 15.5. The number of carbonyl (C=O) groups is 1. The number of nitrogens with two attached hydrogens (primary N) is 1. The zero-order valence-electron chi connectivity index (χ0n) is 9.97. The maximum absolute atomic E-state index is 10.8. The van der Waals surface area contributed by atoms with Crippen molar-refractivity contribution < 1.29 is 15.0 Å². The molecular formula is C12H16BrNO3S. The smallest absolute Gasteiger partial charge is 0.185 e. The zero-order valence-corrected chi connectivity index (χ0v) is 12.4. The molecule has 1 rings (SSSR count). The highest BCUT2D eigenvalue weighted by Gasteiger charge is 2.20. The molecule has 2 atom stereocenters. The Kier molecular flexibility index (Phi) is 6.14. The molecule has 0 saturated carbocycles. The van der Waals surface area contributed by atoms with E-state index in [1.165, 1.54) is 6.92 Å². The summed E-state index contributed by atoms with van der Waals surface area (Å²) < 4.78 is 0.788. The van der Waals surface area contributed by atoms with Crippen molar-refractivity contribution in [3.05, 3.63) is 28.2 Å². The lowest BCUT2D eigenvalue weighted by atomic mass is 10.0. The van der Waals surface area contributed by atoms with Crippen molar-refractivity contribution in [2.75, 3.05) is 11.5 Å². The van der Waals surface area contributed by atoms with Crippen LogP contribution in [-0.2, 0) is 4.79 Å². The summed E-state index contributed by atoms with van der Waals surface area (Å²) in [5, 5.41) is 19.9. The minimum Gasteiger partial charge on any atom is -0.398 e. The number of halogens is 1. The summed E-state index contributed by atoms with van der Waals surface area (Å²) >= 11 is 4.42. The van der Waals surface area contributed by atoms with E-state index >= 15 is 0 Å². The fourth-order valence-electron chi connectivity index (χ4n) is 1.49. The highest BCUT2D eigenvalue weighted by atomic mass is 79.9. The van der Waals surface area contributed by atoms with Gasteiger partial charge in [-0.3, -0.25) is 4.79 Å². The van der Waals surface area contributed by atoms with E-state index in [1.54, 1.807) is 18.2 Å². The van der Waals surface area contributed by atoms with Crippen LogP contribution in [0.1, 0.15) is 25.0 Å². The van der Waals surface area contributed by atoms with Crippen LogP contribution in [0.15, 0.2) is 22.7 Å². The Morgan fingerprint density at radius 1 is 1.50 bits per heavy atom. The fraction of sp³-hybridized carbons (Fsp3) is 0.417. The lowest BCUT2D eigenvalue weighted by molar-refractivity contribution is -0.109. The summed E-state index contributed by atoms with van der Waals surface area (Å²) in [6.45, 7) is 1.47. The van der Waals surface area contributed by atoms with Crippen molar-refractivity contribution >= 4 is 38.5 Å². The summed E-state index contributed by atoms with van der Waals surface area (Å²) in [7, 11) is 0. The molecule has 0 spiro atoms. The number of hydrogen-bond acceptors (Lipinski definition) is 5. The summed E-state index contributed by atoms with van der Waals surface area (Å²) in [6.07, 6.45) is -1.65. The summed E-state index contributed by atoms with van der Waals surface area (Å²) in [4.78, 5) is 10.8. The second kappa shape index (κ2) is 7.13. The molecule has 0 heterocycles. The normalized spacial score (nSPS) is 14.2. The van der Waals surface area contributed by atoms with E-state index in [2.05, 4.69) is 15.9 Å². The molecule has 0 fully saturated rings. The van der Waals surface area contributed by atoms with Crippen molar-refractivity contribution in [1.82, 2.24) is 0 Å². The van der Waals surface area contributed by atoms with Gasteiger partial charge in [-0.05, 0) is 24.6 Å². The Bertz CT molecular complexity index is 428. The third-order valence-electron chi connectivity index (χ3n) is 2.45. The molecule has 0 amide bonds. The number of thioether (sulfide) groups is 1. The highest BCUT2D eigenvalue weighted by molar-refractivity contribution is 9.10. The maximum Gasteiger partial charge on any atom is 0.185 e. The number of hydrogen-bond donors (Lipinski definition) is 3. The molecule has 2 unspecified atom stereocenters. The molecule has 1 aromatic rings. The van der Waals surface area contributed by atoms with Gasteiger partial charge in [-0.2, -0.15) is 0 Å². The second-order valence-corrected chi connectivity index (χ2v) is 6.10. The first-order chi connectivity index (χ1) is 8.41. The summed E-state index contributed by atoms with van der Waals surface area (Å²) in [5.74, 6) is 0.474. The molecule has 6 heteroatoms. The summed E-state index contributed by atoms with van der Waals surface area (Å²) in [6, 6.07) is 5.12. The van der Waals surface area contributed by atoms with Crippen LogP contribution in [0.4, 0.5) is 5.69 Å². The summed E-state index contributed by atoms with van der Waals surface area (Å²) in [5.41, 5.74) is 6.68. The number of anilines is 1. The lowest BCUT2D eigenvalue weighted by Crippen LogP contribution is -2.20. The Hall–Kier alpha value is -0.560. The van der Waals surface area contributed by atoms with Crippen LogP contribution in [0.3, 0.4) is 0 Å². The van der Waals surface area contributed by atoms with Crippen LogP contribution in [0.25, 0.3) is 0 Å².